The molecule has 0 spiro atoms. The average Bonchev–Trinajstić information content (AvgIpc) is 2.95. The van der Waals surface area contributed by atoms with Crippen molar-refractivity contribution >= 4 is 47.1 Å². The number of benzene rings is 2. The summed E-state index contributed by atoms with van der Waals surface area (Å²) in [6, 6.07) is 13.9. The Hall–Kier alpha value is -3.96. The third-order valence-corrected chi connectivity index (χ3v) is 6.76. The third kappa shape index (κ3) is 9.35. The second kappa shape index (κ2) is 15.6. The molecule has 11 heteroatoms. The monoisotopic (exact) mass is 565 g/mol. The van der Waals surface area contributed by atoms with Crippen molar-refractivity contribution < 1.29 is 24.3 Å². The SMILES string of the molecule is NCCCC[C@H](NC(=O)C(Cc1ccncc1)NC(=O)Cc1ccc2ccccc2c1)C(=O)NC(CS)C(=O)O. The Kier molecular flexibility index (Phi) is 11.9. The van der Waals surface area contributed by atoms with E-state index in [0.29, 0.717) is 19.4 Å². The van der Waals surface area contributed by atoms with Gasteiger partial charge in [-0.2, -0.15) is 12.6 Å². The van der Waals surface area contributed by atoms with Gasteiger partial charge in [0.15, 0.2) is 0 Å². The molecule has 2 unspecified atom stereocenters. The normalized spacial score (nSPS) is 13.2. The summed E-state index contributed by atoms with van der Waals surface area (Å²) in [6.07, 6.45) is 4.83. The van der Waals surface area contributed by atoms with Gasteiger partial charge in [-0.1, -0.05) is 42.5 Å². The van der Waals surface area contributed by atoms with Crippen molar-refractivity contribution in [1.29, 1.82) is 0 Å². The first-order valence-corrected chi connectivity index (χ1v) is 13.7. The van der Waals surface area contributed by atoms with Crippen LogP contribution in [-0.2, 0) is 32.0 Å². The van der Waals surface area contributed by atoms with Crippen LogP contribution in [0.5, 0.6) is 0 Å². The number of carbonyl (C=O) groups excluding carboxylic acids is 3. The number of nitrogens with one attached hydrogen (secondary N) is 3. The molecule has 2 aromatic carbocycles. The van der Waals surface area contributed by atoms with Crippen molar-refractivity contribution in [2.75, 3.05) is 12.3 Å². The van der Waals surface area contributed by atoms with Crippen LogP contribution in [0.3, 0.4) is 0 Å². The molecule has 40 heavy (non-hydrogen) atoms. The number of nitrogens with two attached hydrogens (primary N) is 1. The Morgan fingerprint density at radius 3 is 2.17 bits per heavy atom. The Labute approximate surface area is 238 Å². The van der Waals surface area contributed by atoms with Gasteiger partial charge in [0.2, 0.25) is 17.7 Å². The van der Waals surface area contributed by atoms with Gasteiger partial charge >= 0.3 is 5.97 Å². The predicted octanol–water partition coefficient (Wildman–Crippen LogP) is 1.62. The first-order valence-electron chi connectivity index (χ1n) is 13.1. The summed E-state index contributed by atoms with van der Waals surface area (Å²) in [5.74, 6) is -2.90. The number of aromatic nitrogens is 1. The first kappa shape index (κ1) is 30.6. The minimum atomic E-state index is -1.23. The van der Waals surface area contributed by atoms with Crippen molar-refractivity contribution in [2.24, 2.45) is 5.73 Å². The van der Waals surface area contributed by atoms with Crippen LogP contribution in [0.25, 0.3) is 10.8 Å². The number of fused-ring (bicyclic) bond motifs is 1. The van der Waals surface area contributed by atoms with Gasteiger partial charge in [0, 0.05) is 24.6 Å². The summed E-state index contributed by atoms with van der Waals surface area (Å²) in [5, 5.41) is 19.3. The van der Waals surface area contributed by atoms with Gasteiger partial charge in [0.25, 0.3) is 0 Å². The van der Waals surface area contributed by atoms with Crippen molar-refractivity contribution in [3.8, 4) is 0 Å². The number of rotatable bonds is 15. The van der Waals surface area contributed by atoms with Gasteiger partial charge < -0.3 is 26.8 Å². The van der Waals surface area contributed by atoms with Gasteiger partial charge in [0.05, 0.1) is 6.42 Å². The molecule has 3 amide bonds. The molecule has 3 aromatic rings. The molecule has 0 aliphatic carbocycles. The van der Waals surface area contributed by atoms with E-state index in [-0.39, 0.29) is 30.9 Å². The molecule has 10 nitrogen and oxygen atoms in total. The lowest BCUT2D eigenvalue weighted by atomic mass is 10.0. The quantitative estimate of drug-likeness (QED) is 0.120. The molecule has 0 saturated heterocycles. The van der Waals surface area contributed by atoms with Crippen LogP contribution >= 0.6 is 12.6 Å². The number of nitrogens with zero attached hydrogens (tertiary/aromatic N) is 1. The van der Waals surface area contributed by atoms with E-state index in [4.69, 9.17) is 5.73 Å². The fourth-order valence-electron chi connectivity index (χ4n) is 4.24. The van der Waals surface area contributed by atoms with E-state index in [1.54, 1.807) is 24.5 Å². The molecule has 6 N–H and O–H groups in total. The van der Waals surface area contributed by atoms with E-state index in [1.807, 2.05) is 42.5 Å². The molecule has 3 rings (SSSR count). The second-order valence-electron chi connectivity index (χ2n) is 9.47. The number of carbonyl (C=O) groups is 4. The minimum Gasteiger partial charge on any atom is -0.480 e. The number of pyridine rings is 1. The molecule has 1 aromatic heterocycles. The number of carboxylic acids is 1. The van der Waals surface area contributed by atoms with Crippen LogP contribution in [0.1, 0.15) is 30.4 Å². The number of carboxylic acid groups (broad SMARTS) is 1. The van der Waals surface area contributed by atoms with E-state index in [0.717, 1.165) is 21.9 Å². The van der Waals surface area contributed by atoms with E-state index in [1.165, 1.54) is 0 Å². The largest absolute Gasteiger partial charge is 0.480 e. The zero-order chi connectivity index (χ0) is 28.9. The lowest BCUT2D eigenvalue weighted by molar-refractivity contribution is -0.141. The van der Waals surface area contributed by atoms with Gasteiger partial charge in [-0.05, 0) is 59.8 Å². The van der Waals surface area contributed by atoms with E-state index in [9.17, 15) is 24.3 Å². The molecular formula is C29H35N5O5S. The van der Waals surface area contributed by atoms with Crippen LogP contribution < -0.4 is 21.7 Å². The zero-order valence-corrected chi connectivity index (χ0v) is 23.0. The van der Waals surface area contributed by atoms with Gasteiger partial charge in [-0.25, -0.2) is 4.79 Å². The first-order chi connectivity index (χ1) is 19.3. The maximum absolute atomic E-state index is 13.5. The van der Waals surface area contributed by atoms with Crippen LogP contribution in [0, 0.1) is 0 Å². The summed E-state index contributed by atoms with van der Waals surface area (Å²) in [7, 11) is 0. The highest BCUT2D eigenvalue weighted by Crippen LogP contribution is 2.16. The van der Waals surface area contributed by atoms with Crippen molar-refractivity contribution in [2.45, 2.75) is 50.2 Å². The minimum absolute atomic E-state index is 0.0631. The fourth-order valence-corrected chi connectivity index (χ4v) is 4.48. The van der Waals surface area contributed by atoms with Crippen molar-refractivity contribution in [3.63, 3.8) is 0 Å². The Bertz CT molecular complexity index is 1310. The smallest absolute Gasteiger partial charge is 0.327 e. The number of aliphatic carboxylic acids is 1. The zero-order valence-electron chi connectivity index (χ0n) is 22.1. The second-order valence-corrected chi connectivity index (χ2v) is 9.83. The summed E-state index contributed by atoms with van der Waals surface area (Å²) < 4.78 is 0. The van der Waals surface area contributed by atoms with E-state index in [2.05, 4.69) is 33.6 Å². The number of hydrogen-bond donors (Lipinski definition) is 6. The molecular weight excluding hydrogens is 530 g/mol. The molecule has 0 aliphatic rings. The summed E-state index contributed by atoms with van der Waals surface area (Å²) in [4.78, 5) is 54.9. The maximum Gasteiger partial charge on any atom is 0.327 e. The van der Waals surface area contributed by atoms with Crippen LogP contribution in [0.2, 0.25) is 0 Å². The highest BCUT2D eigenvalue weighted by molar-refractivity contribution is 7.80. The Morgan fingerprint density at radius 2 is 1.50 bits per heavy atom. The van der Waals surface area contributed by atoms with Crippen LogP contribution in [0.15, 0.2) is 67.0 Å². The van der Waals surface area contributed by atoms with E-state index >= 15 is 0 Å². The number of amides is 3. The standard InChI is InChI=1S/C29H35N5O5S/c30-12-4-3-7-23(27(36)34-25(18-40)29(38)39)33-28(37)24(16-19-10-13-31-14-11-19)32-26(35)17-20-8-9-21-5-1-2-6-22(21)15-20/h1-2,5-6,8-11,13-15,23-25,40H,3-4,7,12,16-18,30H2,(H,32,35)(H,33,37)(H,34,36)(H,38,39)/t23-,24?,25?/m0/s1. The molecule has 1 heterocycles. The van der Waals surface area contributed by atoms with Crippen LogP contribution in [-0.4, -0.2) is 64.2 Å². The van der Waals surface area contributed by atoms with Gasteiger partial charge in [0.1, 0.15) is 18.1 Å². The highest BCUT2D eigenvalue weighted by atomic mass is 32.1. The van der Waals surface area contributed by atoms with Crippen molar-refractivity contribution in [1.82, 2.24) is 20.9 Å². The molecule has 0 radical (unpaired) electrons. The molecule has 212 valence electrons. The average molecular weight is 566 g/mol. The molecule has 0 saturated carbocycles. The number of thiol groups is 1. The summed E-state index contributed by atoms with van der Waals surface area (Å²) >= 11 is 3.99. The lowest BCUT2D eigenvalue weighted by Crippen LogP contribution is -2.56. The summed E-state index contributed by atoms with van der Waals surface area (Å²) in [6.45, 7) is 0.409. The lowest BCUT2D eigenvalue weighted by Gasteiger charge is -2.24. The predicted molar refractivity (Wildman–Crippen MR) is 156 cm³/mol. The van der Waals surface area contributed by atoms with Crippen LogP contribution in [0.4, 0.5) is 0 Å². The fraction of sp³-hybridized carbons (Fsp3) is 0.345. The number of unbranched alkanes of at least 4 members (excludes halogenated alkanes) is 1. The molecule has 3 atom stereocenters. The highest BCUT2D eigenvalue weighted by Gasteiger charge is 2.29. The molecule has 0 aliphatic heterocycles. The Balaban J connectivity index is 1.76. The molecule has 0 fully saturated rings. The van der Waals surface area contributed by atoms with E-state index < -0.39 is 35.9 Å². The van der Waals surface area contributed by atoms with Gasteiger partial charge in [-0.15, -0.1) is 0 Å². The topological polar surface area (TPSA) is 164 Å². The Morgan fingerprint density at radius 1 is 0.825 bits per heavy atom. The maximum atomic E-state index is 13.5. The van der Waals surface area contributed by atoms with Gasteiger partial charge in [-0.3, -0.25) is 19.4 Å². The molecule has 0 bridgehead atoms. The number of hydrogen-bond acceptors (Lipinski definition) is 7. The third-order valence-electron chi connectivity index (χ3n) is 6.40. The summed E-state index contributed by atoms with van der Waals surface area (Å²) in [5.41, 5.74) is 7.15. The van der Waals surface area contributed by atoms with Crippen molar-refractivity contribution in [3.05, 3.63) is 78.1 Å².